The van der Waals surface area contributed by atoms with E-state index in [1.165, 1.54) is 24.3 Å². The first-order chi connectivity index (χ1) is 12.6. The molecule has 0 aromatic heterocycles. The minimum atomic E-state index is -0.374. The van der Waals surface area contributed by atoms with E-state index in [9.17, 15) is 14.0 Å². The molecule has 5 nitrogen and oxygen atoms in total. The maximum absolute atomic E-state index is 13.0. The first kappa shape index (κ1) is 17.9. The van der Waals surface area contributed by atoms with E-state index in [1.807, 2.05) is 0 Å². The van der Waals surface area contributed by atoms with Gasteiger partial charge in [0.1, 0.15) is 17.3 Å². The Hall–Kier alpha value is -2.89. The lowest BCUT2D eigenvalue weighted by Gasteiger charge is -2.31. The maximum atomic E-state index is 13.0. The van der Waals surface area contributed by atoms with E-state index in [0.717, 1.165) is 0 Å². The van der Waals surface area contributed by atoms with Gasteiger partial charge in [0.25, 0.3) is 5.91 Å². The average Bonchev–Trinajstić information content (AvgIpc) is 2.69. The molecule has 0 radical (unpaired) electrons. The number of benzene rings is 2. The van der Waals surface area contributed by atoms with Crippen molar-refractivity contribution in [2.75, 3.05) is 20.2 Å². The molecule has 1 fully saturated rings. The number of rotatable bonds is 4. The number of methoxy groups -OCH3 is 1. The highest BCUT2D eigenvalue weighted by atomic mass is 19.1. The third kappa shape index (κ3) is 4.20. The van der Waals surface area contributed by atoms with Crippen molar-refractivity contribution < 1.29 is 23.5 Å². The Kier molecular flexibility index (Phi) is 5.51. The number of carbonyl (C=O) groups is 2. The van der Waals surface area contributed by atoms with Gasteiger partial charge in [-0.15, -0.1) is 0 Å². The van der Waals surface area contributed by atoms with E-state index in [2.05, 4.69) is 0 Å². The Balaban J connectivity index is 1.53. The zero-order valence-corrected chi connectivity index (χ0v) is 14.5. The summed E-state index contributed by atoms with van der Waals surface area (Å²) in [5.74, 6) is 0.116. The first-order valence-corrected chi connectivity index (χ1v) is 8.47. The zero-order chi connectivity index (χ0) is 18.5. The monoisotopic (exact) mass is 357 g/mol. The standard InChI is InChI=1S/C20H20FNO4/c1-25-17-6-8-18(9-7-17)26-20(24)15-10-12-22(13-11-15)19(23)14-2-4-16(21)5-3-14/h2-9,15H,10-13H2,1H3. The fourth-order valence-electron chi connectivity index (χ4n) is 2.94. The predicted molar refractivity (Wildman–Crippen MR) is 93.7 cm³/mol. The van der Waals surface area contributed by atoms with Crippen molar-refractivity contribution in [3.8, 4) is 11.5 Å². The molecule has 0 spiro atoms. The van der Waals surface area contributed by atoms with Gasteiger partial charge in [-0.2, -0.15) is 0 Å². The minimum Gasteiger partial charge on any atom is -0.497 e. The highest BCUT2D eigenvalue weighted by Crippen LogP contribution is 2.23. The number of carbonyl (C=O) groups excluding carboxylic acids is 2. The molecule has 2 aromatic rings. The fourth-order valence-corrected chi connectivity index (χ4v) is 2.94. The van der Waals surface area contributed by atoms with Gasteiger partial charge in [0, 0.05) is 18.7 Å². The summed E-state index contributed by atoms with van der Waals surface area (Å²) in [6, 6.07) is 12.3. The van der Waals surface area contributed by atoms with E-state index < -0.39 is 0 Å². The first-order valence-electron chi connectivity index (χ1n) is 8.47. The lowest BCUT2D eigenvalue weighted by atomic mass is 9.96. The van der Waals surface area contributed by atoms with Crippen LogP contribution in [0.4, 0.5) is 4.39 Å². The van der Waals surface area contributed by atoms with Gasteiger partial charge >= 0.3 is 5.97 Å². The van der Waals surface area contributed by atoms with Crippen LogP contribution in [0.1, 0.15) is 23.2 Å². The lowest BCUT2D eigenvalue weighted by molar-refractivity contribution is -0.140. The van der Waals surface area contributed by atoms with Gasteiger partial charge in [-0.05, 0) is 61.4 Å². The number of esters is 1. The van der Waals surface area contributed by atoms with Crippen molar-refractivity contribution in [1.82, 2.24) is 4.90 Å². The molecule has 0 aliphatic carbocycles. The molecular formula is C20H20FNO4. The van der Waals surface area contributed by atoms with Crippen molar-refractivity contribution in [2.45, 2.75) is 12.8 Å². The predicted octanol–water partition coefficient (Wildman–Crippen LogP) is 3.29. The average molecular weight is 357 g/mol. The molecule has 0 bridgehead atoms. The molecule has 6 heteroatoms. The van der Waals surface area contributed by atoms with E-state index >= 15 is 0 Å². The lowest BCUT2D eigenvalue weighted by Crippen LogP contribution is -2.41. The number of ether oxygens (including phenoxy) is 2. The molecule has 2 aromatic carbocycles. The summed E-state index contributed by atoms with van der Waals surface area (Å²) < 4.78 is 23.4. The molecule has 1 saturated heterocycles. The molecule has 1 amide bonds. The van der Waals surface area contributed by atoms with Gasteiger partial charge in [-0.1, -0.05) is 0 Å². The van der Waals surface area contributed by atoms with Crippen LogP contribution in [0.25, 0.3) is 0 Å². The summed E-state index contributed by atoms with van der Waals surface area (Å²) in [6.07, 6.45) is 1.09. The molecule has 0 atom stereocenters. The van der Waals surface area contributed by atoms with Gasteiger partial charge in [0.2, 0.25) is 0 Å². The summed E-state index contributed by atoms with van der Waals surface area (Å²) in [5, 5.41) is 0. The third-order valence-electron chi connectivity index (χ3n) is 4.48. The smallest absolute Gasteiger partial charge is 0.314 e. The van der Waals surface area contributed by atoms with Gasteiger partial charge in [-0.25, -0.2) is 4.39 Å². The van der Waals surface area contributed by atoms with Crippen LogP contribution in [-0.2, 0) is 4.79 Å². The Bertz CT molecular complexity index is 765. The van der Waals surface area contributed by atoms with Crippen molar-refractivity contribution in [3.63, 3.8) is 0 Å². The van der Waals surface area contributed by atoms with E-state index in [0.29, 0.717) is 43.0 Å². The molecule has 0 unspecified atom stereocenters. The summed E-state index contributed by atoms with van der Waals surface area (Å²) in [5.41, 5.74) is 0.450. The van der Waals surface area contributed by atoms with Crippen LogP contribution in [0.2, 0.25) is 0 Å². The number of hydrogen-bond acceptors (Lipinski definition) is 4. The summed E-state index contributed by atoms with van der Waals surface area (Å²) in [6.45, 7) is 0.942. The molecule has 3 rings (SSSR count). The van der Waals surface area contributed by atoms with E-state index in [-0.39, 0.29) is 23.6 Å². The van der Waals surface area contributed by atoms with Crippen molar-refractivity contribution in [2.24, 2.45) is 5.92 Å². The molecule has 1 aliphatic rings. The highest BCUT2D eigenvalue weighted by Gasteiger charge is 2.29. The second-order valence-electron chi connectivity index (χ2n) is 6.17. The van der Waals surface area contributed by atoms with Crippen LogP contribution < -0.4 is 9.47 Å². The molecule has 0 N–H and O–H groups in total. The van der Waals surface area contributed by atoms with Crippen molar-refractivity contribution in [1.29, 1.82) is 0 Å². The largest absolute Gasteiger partial charge is 0.497 e. The van der Waals surface area contributed by atoms with Gasteiger partial charge in [0.05, 0.1) is 13.0 Å². The van der Waals surface area contributed by atoms with Crippen molar-refractivity contribution in [3.05, 3.63) is 59.9 Å². The number of amides is 1. The molecule has 136 valence electrons. The van der Waals surface area contributed by atoms with Crippen LogP contribution >= 0.6 is 0 Å². The topological polar surface area (TPSA) is 55.8 Å². The van der Waals surface area contributed by atoms with Gasteiger partial charge in [-0.3, -0.25) is 9.59 Å². The third-order valence-corrected chi connectivity index (χ3v) is 4.48. The SMILES string of the molecule is COc1ccc(OC(=O)C2CCN(C(=O)c3ccc(F)cc3)CC2)cc1. The second-order valence-corrected chi connectivity index (χ2v) is 6.17. The fraction of sp³-hybridized carbons (Fsp3) is 0.300. The highest BCUT2D eigenvalue weighted by molar-refractivity contribution is 5.94. The minimum absolute atomic E-state index is 0.146. The van der Waals surface area contributed by atoms with Gasteiger partial charge in [0.15, 0.2) is 0 Å². The van der Waals surface area contributed by atoms with E-state index in [1.54, 1.807) is 36.3 Å². The van der Waals surface area contributed by atoms with Crippen LogP contribution in [0.3, 0.4) is 0 Å². The number of piperidine rings is 1. The van der Waals surface area contributed by atoms with Crippen LogP contribution in [0, 0.1) is 11.7 Å². The summed E-state index contributed by atoms with van der Waals surface area (Å²) in [7, 11) is 1.57. The normalized spacial score (nSPS) is 14.8. The van der Waals surface area contributed by atoms with Crippen molar-refractivity contribution >= 4 is 11.9 Å². The Morgan fingerprint density at radius 2 is 1.54 bits per heavy atom. The maximum Gasteiger partial charge on any atom is 0.314 e. The number of hydrogen-bond donors (Lipinski definition) is 0. The molecule has 1 heterocycles. The Morgan fingerprint density at radius 1 is 0.962 bits per heavy atom. The molecule has 26 heavy (non-hydrogen) atoms. The molecular weight excluding hydrogens is 337 g/mol. The second kappa shape index (κ2) is 7.99. The van der Waals surface area contributed by atoms with Crippen LogP contribution in [0.5, 0.6) is 11.5 Å². The van der Waals surface area contributed by atoms with Crippen LogP contribution in [-0.4, -0.2) is 37.0 Å². The summed E-state index contributed by atoms with van der Waals surface area (Å²) in [4.78, 5) is 26.4. The Labute approximate surface area is 151 Å². The number of likely N-dealkylation sites (tertiary alicyclic amines) is 1. The summed E-state index contributed by atoms with van der Waals surface area (Å²) >= 11 is 0. The number of nitrogens with zero attached hydrogens (tertiary/aromatic N) is 1. The van der Waals surface area contributed by atoms with E-state index in [4.69, 9.17) is 9.47 Å². The Morgan fingerprint density at radius 3 is 2.12 bits per heavy atom. The van der Waals surface area contributed by atoms with Crippen LogP contribution in [0.15, 0.2) is 48.5 Å². The molecule has 0 saturated carbocycles. The zero-order valence-electron chi connectivity index (χ0n) is 14.5. The molecule has 1 aliphatic heterocycles. The van der Waals surface area contributed by atoms with Gasteiger partial charge < -0.3 is 14.4 Å². The quantitative estimate of drug-likeness (QED) is 0.622. The number of halogens is 1.